The van der Waals surface area contributed by atoms with Gasteiger partial charge in [-0.05, 0) is 66.9 Å². The molecule has 0 bridgehead atoms. The van der Waals surface area contributed by atoms with Crippen LogP contribution in [0.3, 0.4) is 0 Å². The fourth-order valence-electron chi connectivity index (χ4n) is 2.71. The van der Waals surface area contributed by atoms with Crippen molar-refractivity contribution >= 4 is 11.6 Å². The maximum atomic E-state index is 13.4. The first-order valence-electron chi connectivity index (χ1n) is 7.72. The van der Waals surface area contributed by atoms with Crippen LogP contribution >= 0.6 is 0 Å². The molecule has 3 heteroatoms. The van der Waals surface area contributed by atoms with Gasteiger partial charge in [-0.1, -0.05) is 24.3 Å². The Morgan fingerprint density at radius 3 is 2.62 bits per heavy atom. The van der Waals surface area contributed by atoms with Gasteiger partial charge in [0.05, 0.1) is 11.6 Å². The zero-order chi connectivity index (χ0) is 17.1. The van der Waals surface area contributed by atoms with Crippen molar-refractivity contribution in [2.75, 3.05) is 0 Å². The van der Waals surface area contributed by atoms with Crippen molar-refractivity contribution in [1.29, 1.82) is 5.26 Å². The minimum atomic E-state index is -0.349. The van der Waals surface area contributed by atoms with Crippen LogP contribution in [0.1, 0.15) is 22.4 Å². The Kier molecular flexibility index (Phi) is 4.31. The number of aromatic nitrogens is 1. The highest BCUT2D eigenvalue weighted by Crippen LogP contribution is 2.24. The van der Waals surface area contributed by atoms with Gasteiger partial charge in [-0.15, -0.1) is 0 Å². The van der Waals surface area contributed by atoms with Gasteiger partial charge in [-0.3, -0.25) is 0 Å². The second-order valence-corrected chi connectivity index (χ2v) is 5.70. The van der Waals surface area contributed by atoms with E-state index in [9.17, 15) is 9.65 Å². The Bertz CT molecular complexity index is 958. The van der Waals surface area contributed by atoms with Gasteiger partial charge in [0.15, 0.2) is 0 Å². The number of allylic oxidation sites excluding steroid dienone is 1. The molecule has 0 aliphatic heterocycles. The van der Waals surface area contributed by atoms with Crippen LogP contribution in [-0.2, 0) is 0 Å². The molecule has 0 N–H and O–H groups in total. The normalized spacial score (nSPS) is 11.3. The predicted octanol–water partition coefficient (Wildman–Crippen LogP) is 5.30. The fourth-order valence-corrected chi connectivity index (χ4v) is 2.71. The summed E-state index contributed by atoms with van der Waals surface area (Å²) in [6, 6.07) is 18.3. The van der Waals surface area contributed by atoms with E-state index in [2.05, 4.69) is 26.0 Å². The largest absolute Gasteiger partial charge is 0.317 e. The summed E-state index contributed by atoms with van der Waals surface area (Å²) in [5, 5.41) is 9.48. The Morgan fingerprint density at radius 1 is 1.08 bits per heavy atom. The number of rotatable bonds is 3. The molecule has 118 valence electrons. The first-order valence-corrected chi connectivity index (χ1v) is 7.72. The molecule has 1 heterocycles. The fraction of sp³-hybridized carbons (Fsp3) is 0.0952. The van der Waals surface area contributed by atoms with Crippen LogP contribution in [-0.4, -0.2) is 4.57 Å². The van der Waals surface area contributed by atoms with Crippen LogP contribution in [0.4, 0.5) is 4.39 Å². The van der Waals surface area contributed by atoms with E-state index in [0.717, 1.165) is 11.4 Å². The number of benzene rings is 2. The van der Waals surface area contributed by atoms with Crippen molar-refractivity contribution in [3.05, 3.63) is 89.0 Å². The Hall–Kier alpha value is -3.12. The van der Waals surface area contributed by atoms with Crippen LogP contribution in [0, 0.1) is 31.0 Å². The summed E-state index contributed by atoms with van der Waals surface area (Å²) in [6.45, 7) is 4.15. The number of nitriles is 1. The zero-order valence-corrected chi connectivity index (χ0v) is 13.6. The smallest absolute Gasteiger partial charge is 0.123 e. The Labute approximate surface area is 141 Å². The second kappa shape index (κ2) is 6.55. The van der Waals surface area contributed by atoms with Crippen molar-refractivity contribution in [2.24, 2.45) is 0 Å². The van der Waals surface area contributed by atoms with E-state index in [1.807, 2.05) is 35.0 Å². The minimum absolute atomic E-state index is 0.349. The van der Waals surface area contributed by atoms with Gasteiger partial charge in [0, 0.05) is 17.6 Å². The molecular formula is C21H17FN2. The molecule has 0 amide bonds. The van der Waals surface area contributed by atoms with Crippen LogP contribution in [0.2, 0.25) is 0 Å². The van der Waals surface area contributed by atoms with Crippen molar-refractivity contribution in [3.63, 3.8) is 0 Å². The molecule has 1 aromatic heterocycles. The van der Waals surface area contributed by atoms with E-state index in [1.54, 1.807) is 18.2 Å². The molecule has 0 spiro atoms. The van der Waals surface area contributed by atoms with E-state index in [0.29, 0.717) is 11.1 Å². The molecule has 0 unspecified atom stereocenters. The Balaban J connectivity index is 2.10. The maximum Gasteiger partial charge on any atom is 0.123 e. The molecule has 2 nitrogen and oxygen atoms in total. The average Bonchev–Trinajstić information content (AvgIpc) is 3.03. The van der Waals surface area contributed by atoms with Gasteiger partial charge in [0.1, 0.15) is 5.82 Å². The standard InChI is InChI=1S/C21H17FN2/c1-15-6-3-10-21(16(15)2)24-11-5-9-20(24)13-18(14-23)17-7-4-8-19(22)12-17/h3-13H,1-2H3/b18-13-. The third kappa shape index (κ3) is 3.00. The molecule has 3 rings (SSSR count). The molecule has 0 saturated carbocycles. The first-order chi connectivity index (χ1) is 11.6. The molecule has 2 aromatic carbocycles. The minimum Gasteiger partial charge on any atom is -0.317 e. The van der Waals surface area contributed by atoms with Gasteiger partial charge in [-0.2, -0.15) is 5.26 Å². The monoisotopic (exact) mass is 316 g/mol. The number of nitrogens with zero attached hydrogens (tertiary/aromatic N) is 2. The van der Waals surface area contributed by atoms with Crippen LogP contribution in [0.15, 0.2) is 60.8 Å². The number of hydrogen-bond acceptors (Lipinski definition) is 1. The van der Waals surface area contributed by atoms with E-state index < -0.39 is 0 Å². The van der Waals surface area contributed by atoms with Crippen LogP contribution in [0.5, 0.6) is 0 Å². The van der Waals surface area contributed by atoms with E-state index in [1.165, 1.54) is 23.3 Å². The maximum absolute atomic E-state index is 13.4. The number of aryl methyl sites for hydroxylation is 1. The van der Waals surface area contributed by atoms with Crippen LogP contribution < -0.4 is 0 Å². The molecule has 24 heavy (non-hydrogen) atoms. The lowest BCUT2D eigenvalue weighted by atomic mass is 10.1. The van der Waals surface area contributed by atoms with Gasteiger partial charge in [-0.25, -0.2) is 4.39 Å². The summed E-state index contributed by atoms with van der Waals surface area (Å²) < 4.78 is 15.5. The molecule has 0 radical (unpaired) electrons. The molecule has 0 aliphatic rings. The molecule has 0 atom stereocenters. The molecule has 0 saturated heterocycles. The van der Waals surface area contributed by atoms with E-state index >= 15 is 0 Å². The summed E-state index contributed by atoms with van der Waals surface area (Å²) in [5.41, 5.74) is 5.35. The van der Waals surface area contributed by atoms with Crippen molar-refractivity contribution < 1.29 is 4.39 Å². The van der Waals surface area contributed by atoms with E-state index in [-0.39, 0.29) is 5.82 Å². The molecule has 3 aromatic rings. The van der Waals surface area contributed by atoms with E-state index in [4.69, 9.17) is 0 Å². The Morgan fingerprint density at radius 2 is 1.88 bits per heavy atom. The second-order valence-electron chi connectivity index (χ2n) is 5.70. The highest BCUT2D eigenvalue weighted by atomic mass is 19.1. The molecule has 0 aliphatic carbocycles. The number of halogens is 1. The number of hydrogen-bond donors (Lipinski definition) is 0. The van der Waals surface area contributed by atoms with Crippen molar-refractivity contribution in [2.45, 2.75) is 13.8 Å². The highest BCUT2D eigenvalue weighted by molar-refractivity contribution is 5.89. The SMILES string of the molecule is Cc1cccc(-n2cccc2/C=C(/C#N)c2cccc(F)c2)c1C. The quantitative estimate of drug-likeness (QED) is 0.603. The average molecular weight is 316 g/mol. The summed E-state index contributed by atoms with van der Waals surface area (Å²) in [5.74, 6) is -0.349. The molecule has 0 fully saturated rings. The van der Waals surface area contributed by atoms with Gasteiger partial charge < -0.3 is 4.57 Å². The zero-order valence-electron chi connectivity index (χ0n) is 13.6. The van der Waals surface area contributed by atoms with Gasteiger partial charge in [0.2, 0.25) is 0 Å². The van der Waals surface area contributed by atoms with Crippen molar-refractivity contribution in [1.82, 2.24) is 4.57 Å². The highest BCUT2D eigenvalue weighted by Gasteiger charge is 2.08. The van der Waals surface area contributed by atoms with Gasteiger partial charge in [0.25, 0.3) is 0 Å². The molecular weight excluding hydrogens is 299 g/mol. The summed E-state index contributed by atoms with van der Waals surface area (Å²) in [7, 11) is 0. The summed E-state index contributed by atoms with van der Waals surface area (Å²) >= 11 is 0. The lowest BCUT2D eigenvalue weighted by molar-refractivity contribution is 0.627. The van der Waals surface area contributed by atoms with Crippen molar-refractivity contribution in [3.8, 4) is 11.8 Å². The predicted molar refractivity (Wildman–Crippen MR) is 95.1 cm³/mol. The summed E-state index contributed by atoms with van der Waals surface area (Å²) in [4.78, 5) is 0. The first kappa shape index (κ1) is 15.8. The lowest BCUT2D eigenvalue weighted by Gasteiger charge is -2.12. The lowest BCUT2D eigenvalue weighted by Crippen LogP contribution is -1.99. The van der Waals surface area contributed by atoms with Gasteiger partial charge >= 0.3 is 0 Å². The van der Waals surface area contributed by atoms with Crippen LogP contribution in [0.25, 0.3) is 17.3 Å². The third-order valence-electron chi connectivity index (χ3n) is 4.16. The summed E-state index contributed by atoms with van der Waals surface area (Å²) in [6.07, 6.45) is 3.75. The third-order valence-corrected chi connectivity index (χ3v) is 4.16. The topological polar surface area (TPSA) is 28.7 Å².